The highest BCUT2D eigenvalue weighted by molar-refractivity contribution is 9.09. The third-order valence-corrected chi connectivity index (χ3v) is 8.18. The van der Waals surface area contributed by atoms with Gasteiger partial charge in [0.1, 0.15) is 0 Å². The van der Waals surface area contributed by atoms with Gasteiger partial charge in [-0.3, -0.25) is 0 Å². The molecule has 0 saturated heterocycles. The summed E-state index contributed by atoms with van der Waals surface area (Å²) in [6, 6.07) is 8.58. The van der Waals surface area contributed by atoms with Crippen molar-refractivity contribution < 1.29 is 0 Å². The third-order valence-electron chi connectivity index (χ3n) is 5.39. The largest absolute Gasteiger partial charge is 0.0876 e. The number of hydrogen-bond acceptors (Lipinski definition) is 0. The smallest absolute Gasteiger partial charge is 0.0503 e. The molecule has 1 aliphatic carbocycles. The Morgan fingerprint density at radius 3 is 1.43 bits per heavy atom. The lowest BCUT2D eigenvalue weighted by Gasteiger charge is -2.17. The molecule has 3 aromatic carbocycles. The van der Waals surface area contributed by atoms with E-state index in [1.807, 2.05) is 0 Å². The van der Waals surface area contributed by atoms with Crippen molar-refractivity contribution in [2.24, 2.45) is 0 Å². The van der Waals surface area contributed by atoms with E-state index in [0.29, 0.717) is 10.0 Å². The fraction of sp³-hybridized carbons (Fsp3) is 0.273. The fourth-order valence-corrected chi connectivity index (χ4v) is 6.56. The summed E-state index contributed by atoms with van der Waals surface area (Å²) < 4.78 is 0. The molecule has 0 aromatic heterocycles. The van der Waals surface area contributed by atoms with Crippen molar-refractivity contribution in [3.05, 3.63) is 56.6 Å². The van der Waals surface area contributed by atoms with Gasteiger partial charge >= 0.3 is 0 Å². The van der Waals surface area contributed by atoms with E-state index < -0.39 is 0 Å². The average Bonchev–Trinajstić information content (AvgIpc) is 3.00. The molecule has 0 saturated carbocycles. The van der Waals surface area contributed by atoms with Crippen LogP contribution in [0.3, 0.4) is 0 Å². The predicted octanol–water partition coefficient (Wildman–Crippen LogP) is 10.5. The van der Waals surface area contributed by atoms with Crippen LogP contribution in [-0.2, 0) is 10.7 Å². The van der Waals surface area contributed by atoms with Crippen LogP contribution in [-0.4, -0.2) is 0 Å². The van der Waals surface area contributed by atoms with Crippen molar-refractivity contribution in [3.63, 3.8) is 0 Å². The zero-order chi connectivity index (χ0) is 20.3. The van der Waals surface area contributed by atoms with Crippen molar-refractivity contribution in [3.8, 4) is 22.3 Å². The molecular formula is C22H16Br4Cl2. The summed E-state index contributed by atoms with van der Waals surface area (Å²) in [5.74, 6) is 0. The maximum absolute atomic E-state index is 6.77. The Balaban J connectivity index is 2.35. The minimum Gasteiger partial charge on any atom is -0.0876 e. The molecule has 0 N–H and O–H groups in total. The monoisotopic (exact) mass is 666 g/mol. The molecule has 2 unspecified atom stereocenters. The van der Waals surface area contributed by atoms with E-state index in [0.717, 1.165) is 16.0 Å². The number of fused-ring (bicyclic) bond motifs is 3. The Morgan fingerprint density at radius 1 is 0.714 bits per heavy atom. The van der Waals surface area contributed by atoms with Crippen molar-refractivity contribution in [2.45, 2.75) is 34.2 Å². The molecule has 0 nitrogen and oxygen atoms in total. The SMILES string of the molecule is CC(Br)c1cc(Cl)c2c(Cl)cc(C(C)Br)c3c2c1-c1c(CBr)ccc(CBr)c1-3. The van der Waals surface area contributed by atoms with Gasteiger partial charge in [-0.15, -0.1) is 0 Å². The number of hydrogen-bond donors (Lipinski definition) is 0. The molecule has 0 radical (unpaired) electrons. The summed E-state index contributed by atoms with van der Waals surface area (Å²) >= 11 is 28.5. The lowest BCUT2D eigenvalue weighted by molar-refractivity contribution is 1.13. The molecule has 0 bridgehead atoms. The first-order chi connectivity index (χ1) is 13.3. The molecule has 0 fully saturated rings. The van der Waals surface area contributed by atoms with Gasteiger partial charge < -0.3 is 0 Å². The van der Waals surface area contributed by atoms with Crippen molar-refractivity contribution in [2.75, 3.05) is 0 Å². The number of benzene rings is 3. The van der Waals surface area contributed by atoms with Gasteiger partial charge in [-0.25, -0.2) is 0 Å². The molecule has 4 rings (SSSR count). The molecule has 3 aromatic rings. The lowest BCUT2D eigenvalue weighted by atomic mass is 9.92. The van der Waals surface area contributed by atoms with Gasteiger partial charge in [0.15, 0.2) is 0 Å². The molecule has 0 amide bonds. The normalized spacial score (nSPS) is 14.4. The van der Waals surface area contributed by atoms with E-state index in [9.17, 15) is 0 Å². The third kappa shape index (κ3) is 3.17. The van der Waals surface area contributed by atoms with Gasteiger partial charge in [-0.2, -0.15) is 0 Å². The average molecular weight is 671 g/mol. The van der Waals surface area contributed by atoms with Crippen molar-refractivity contribution in [1.29, 1.82) is 0 Å². The molecule has 0 spiro atoms. The minimum absolute atomic E-state index is 0.169. The molecule has 28 heavy (non-hydrogen) atoms. The molecule has 6 heteroatoms. The van der Waals surface area contributed by atoms with Crippen LogP contribution in [0.25, 0.3) is 33.0 Å². The maximum Gasteiger partial charge on any atom is 0.0503 e. The molecular weight excluding hydrogens is 655 g/mol. The van der Waals surface area contributed by atoms with E-state index in [-0.39, 0.29) is 9.65 Å². The first kappa shape index (κ1) is 21.6. The zero-order valence-corrected chi connectivity index (χ0v) is 23.0. The molecule has 0 heterocycles. The Morgan fingerprint density at radius 2 is 1.11 bits per heavy atom. The maximum atomic E-state index is 6.77. The second kappa shape index (κ2) is 8.16. The van der Waals surface area contributed by atoms with E-state index in [1.165, 1.54) is 49.9 Å². The molecule has 1 aliphatic rings. The van der Waals surface area contributed by atoms with Crippen LogP contribution in [0.5, 0.6) is 0 Å². The summed E-state index contributed by atoms with van der Waals surface area (Å²) in [5.41, 5.74) is 10.0. The number of rotatable bonds is 4. The van der Waals surface area contributed by atoms with Crippen molar-refractivity contribution in [1.82, 2.24) is 0 Å². The summed E-state index contributed by atoms with van der Waals surface area (Å²) in [6.07, 6.45) is 0. The highest BCUT2D eigenvalue weighted by Gasteiger charge is 2.33. The van der Waals surface area contributed by atoms with E-state index in [1.54, 1.807) is 0 Å². The second-order valence-electron chi connectivity index (χ2n) is 7.03. The Kier molecular flexibility index (Phi) is 6.31. The van der Waals surface area contributed by atoms with Crippen LogP contribution < -0.4 is 0 Å². The summed E-state index contributed by atoms with van der Waals surface area (Å²) in [7, 11) is 0. The summed E-state index contributed by atoms with van der Waals surface area (Å²) in [4.78, 5) is 0.339. The van der Waals surface area contributed by atoms with Crippen molar-refractivity contribution >= 4 is 97.7 Å². The van der Waals surface area contributed by atoms with Gasteiger partial charge in [0.25, 0.3) is 0 Å². The van der Waals surface area contributed by atoms with Crippen LogP contribution in [0.15, 0.2) is 24.3 Å². The molecule has 146 valence electrons. The quantitative estimate of drug-likeness (QED) is 0.190. The van der Waals surface area contributed by atoms with Crippen LogP contribution >= 0.6 is 86.9 Å². The number of alkyl halides is 4. The standard InChI is InChI=1S/C22H16Br4Cl2/c1-9(25)13-5-15(27)21-16(28)6-14(10(2)26)20-18-12(8-24)4-3-11(7-23)17(18)19(13)22(20)21/h3-6,9-10H,7-8H2,1-2H3. The highest BCUT2D eigenvalue weighted by Crippen LogP contribution is 2.58. The Hall–Kier alpha value is 0.420. The van der Waals surface area contributed by atoms with E-state index >= 15 is 0 Å². The van der Waals surface area contributed by atoms with Gasteiger partial charge in [0.2, 0.25) is 0 Å². The predicted molar refractivity (Wildman–Crippen MR) is 138 cm³/mol. The second-order valence-corrected chi connectivity index (χ2v) is 11.7. The van der Waals surface area contributed by atoms with Crippen LogP contribution in [0, 0.1) is 0 Å². The molecule has 2 atom stereocenters. The Labute approximate surface area is 208 Å². The summed E-state index contributed by atoms with van der Waals surface area (Å²) in [6.45, 7) is 4.29. The van der Waals surface area contributed by atoms with Crippen LogP contribution in [0.2, 0.25) is 10.0 Å². The van der Waals surface area contributed by atoms with Crippen LogP contribution in [0.1, 0.15) is 45.8 Å². The fourth-order valence-electron chi connectivity index (χ4n) is 4.23. The first-order valence-corrected chi connectivity index (χ1v) is 13.7. The Bertz CT molecular complexity index is 1040. The topological polar surface area (TPSA) is 0 Å². The van der Waals surface area contributed by atoms with Gasteiger partial charge in [0.05, 0.1) is 10.0 Å². The summed E-state index contributed by atoms with van der Waals surface area (Å²) in [5, 5.41) is 5.10. The van der Waals surface area contributed by atoms with Gasteiger partial charge in [-0.1, -0.05) is 99.1 Å². The molecule has 0 aliphatic heterocycles. The number of halogens is 6. The van der Waals surface area contributed by atoms with Gasteiger partial charge in [-0.05, 0) is 70.5 Å². The van der Waals surface area contributed by atoms with Crippen LogP contribution in [0.4, 0.5) is 0 Å². The zero-order valence-electron chi connectivity index (χ0n) is 15.1. The van der Waals surface area contributed by atoms with E-state index in [4.69, 9.17) is 23.2 Å². The first-order valence-electron chi connectivity index (χ1n) is 8.85. The highest BCUT2D eigenvalue weighted by atomic mass is 79.9. The van der Waals surface area contributed by atoms with Gasteiger partial charge in [0, 0.05) is 31.1 Å². The van der Waals surface area contributed by atoms with E-state index in [2.05, 4.69) is 102 Å². The minimum atomic E-state index is 0.169. The lowest BCUT2D eigenvalue weighted by Crippen LogP contribution is -1.95.